The Bertz CT molecular complexity index is 1840. The average Bonchev–Trinajstić information content (AvgIpc) is 3.17. The topological polar surface area (TPSA) is 125 Å². The molecule has 2 N–H and O–H groups in total. The van der Waals surface area contributed by atoms with Crippen LogP contribution in [0.2, 0.25) is 0 Å². The number of aromatic nitrogens is 2. The first-order chi connectivity index (χ1) is 26.1. The molecule has 1 saturated heterocycles. The summed E-state index contributed by atoms with van der Waals surface area (Å²) < 4.78 is 17.7. The number of likely N-dealkylation sites (N-methyl/N-ethyl adjacent to an activating group) is 1. The number of anilines is 4. The summed E-state index contributed by atoms with van der Waals surface area (Å²) in [6.07, 6.45) is 2.62. The summed E-state index contributed by atoms with van der Waals surface area (Å²) in [7, 11) is 5.74. The number of piperazine rings is 1. The highest BCUT2D eigenvalue weighted by molar-refractivity contribution is 6.06. The van der Waals surface area contributed by atoms with Gasteiger partial charge in [0, 0.05) is 68.6 Å². The Morgan fingerprint density at radius 2 is 1.61 bits per heavy atom. The van der Waals surface area contributed by atoms with Crippen molar-refractivity contribution < 1.29 is 23.8 Å². The highest BCUT2D eigenvalue weighted by Gasteiger charge is 2.22. The molecule has 13 nitrogen and oxygen atoms in total. The number of methoxy groups -OCH3 is 1. The van der Waals surface area contributed by atoms with Gasteiger partial charge < -0.3 is 39.5 Å². The molecule has 0 aliphatic carbocycles. The molecule has 288 valence electrons. The zero-order valence-electron chi connectivity index (χ0n) is 32.6. The van der Waals surface area contributed by atoms with Crippen molar-refractivity contribution in [3.63, 3.8) is 0 Å². The molecule has 3 aromatic carbocycles. The Morgan fingerprint density at radius 3 is 2.26 bits per heavy atom. The molecule has 0 atom stereocenters. The summed E-state index contributed by atoms with van der Waals surface area (Å²) >= 11 is 0. The number of aryl methyl sites for hydroxylation is 2. The van der Waals surface area contributed by atoms with E-state index in [1.165, 1.54) is 19.7 Å². The monoisotopic (exact) mass is 738 g/mol. The number of para-hydroxylation sites is 1. The van der Waals surface area contributed by atoms with Crippen LogP contribution in [0, 0.1) is 13.8 Å². The Morgan fingerprint density at radius 1 is 0.907 bits per heavy atom. The van der Waals surface area contributed by atoms with E-state index in [1.807, 2.05) is 58.0 Å². The van der Waals surface area contributed by atoms with E-state index in [0.29, 0.717) is 36.0 Å². The minimum atomic E-state index is -0.426. The van der Waals surface area contributed by atoms with Gasteiger partial charge >= 0.3 is 0 Å². The van der Waals surface area contributed by atoms with Crippen LogP contribution in [0.3, 0.4) is 0 Å². The molecule has 2 heterocycles. The second kappa shape index (κ2) is 19.1. The van der Waals surface area contributed by atoms with E-state index < -0.39 is 5.91 Å². The number of benzene rings is 3. The van der Waals surface area contributed by atoms with Crippen LogP contribution in [0.4, 0.5) is 23.0 Å². The van der Waals surface area contributed by atoms with Crippen molar-refractivity contribution in [3.8, 4) is 23.1 Å². The van der Waals surface area contributed by atoms with Crippen molar-refractivity contribution in [2.24, 2.45) is 0 Å². The van der Waals surface area contributed by atoms with Gasteiger partial charge in [0.05, 0.1) is 7.11 Å². The van der Waals surface area contributed by atoms with Gasteiger partial charge in [0.1, 0.15) is 11.3 Å². The molecule has 1 aromatic heterocycles. The number of carbonyl (C=O) groups is 2. The molecule has 5 rings (SSSR count). The Hall–Kier alpha value is -5.40. The van der Waals surface area contributed by atoms with Crippen LogP contribution in [0.1, 0.15) is 41.8 Å². The van der Waals surface area contributed by atoms with E-state index in [1.54, 1.807) is 23.1 Å². The quantitative estimate of drug-likeness (QED) is 0.129. The minimum Gasteiger partial charge on any atom is -0.493 e. The van der Waals surface area contributed by atoms with Gasteiger partial charge in [-0.1, -0.05) is 18.2 Å². The number of ether oxygens (including phenoxy) is 3. The van der Waals surface area contributed by atoms with Crippen LogP contribution in [0.25, 0.3) is 0 Å². The number of nitrogens with zero attached hydrogens (tertiary/aromatic N) is 6. The van der Waals surface area contributed by atoms with Crippen LogP contribution >= 0.6 is 0 Å². The van der Waals surface area contributed by atoms with Crippen molar-refractivity contribution in [1.82, 2.24) is 24.7 Å². The number of rotatable bonds is 17. The van der Waals surface area contributed by atoms with Gasteiger partial charge in [0.2, 0.25) is 11.8 Å². The molecule has 2 amide bonds. The number of amides is 2. The number of hydrogen-bond acceptors (Lipinski definition) is 11. The lowest BCUT2D eigenvalue weighted by Crippen LogP contribution is -2.46. The highest BCUT2D eigenvalue weighted by atomic mass is 16.5. The third-order valence-electron chi connectivity index (χ3n) is 9.48. The summed E-state index contributed by atoms with van der Waals surface area (Å²) in [5.74, 6) is 0.809. The molecule has 54 heavy (non-hydrogen) atoms. The SMILES string of the molecule is CCN(CC)C(=O)COc1ccc(Oc2nc(Nc3ccc(N4CCN(CCCN(C)C)CC4)cc3)ncc2C(=O)Nc2c(C)cccc2C)c(OC)c1. The van der Waals surface area contributed by atoms with E-state index in [-0.39, 0.29) is 29.9 Å². The fourth-order valence-corrected chi connectivity index (χ4v) is 6.32. The number of hydrogen-bond donors (Lipinski definition) is 2. The summed E-state index contributed by atoms with van der Waals surface area (Å²) in [4.78, 5) is 44.3. The second-order valence-electron chi connectivity index (χ2n) is 13.6. The smallest absolute Gasteiger partial charge is 0.262 e. The van der Waals surface area contributed by atoms with Crippen LogP contribution in [0.5, 0.6) is 23.1 Å². The predicted octanol–water partition coefficient (Wildman–Crippen LogP) is 6.21. The molecule has 4 aromatic rings. The maximum atomic E-state index is 13.8. The number of nitrogens with one attached hydrogen (secondary N) is 2. The van der Waals surface area contributed by atoms with Gasteiger partial charge in [-0.05, 0) is 109 Å². The lowest BCUT2D eigenvalue weighted by Gasteiger charge is -2.36. The highest BCUT2D eigenvalue weighted by Crippen LogP contribution is 2.36. The van der Waals surface area contributed by atoms with Crippen molar-refractivity contribution in [3.05, 3.63) is 83.6 Å². The largest absolute Gasteiger partial charge is 0.493 e. The van der Waals surface area contributed by atoms with Gasteiger partial charge in [0.15, 0.2) is 18.1 Å². The molecular weight excluding hydrogens is 685 g/mol. The lowest BCUT2D eigenvalue weighted by molar-refractivity contribution is -0.132. The maximum Gasteiger partial charge on any atom is 0.262 e. The van der Waals surface area contributed by atoms with Crippen LogP contribution in [-0.4, -0.2) is 117 Å². The van der Waals surface area contributed by atoms with Gasteiger partial charge in [0.25, 0.3) is 11.8 Å². The van der Waals surface area contributed by atoms with Crippen molar-refractivity contribution >= 4 is 34.8 Å². The molecule has 0 unspecified atom stereocenters. The van der Waals surface area contributed by atoms with E-state index >= 15 is 0 Å². The zero-order valence-corrected chi connectivity index (χ0v) is 32.6. The standard InChI is InChI=1S/C41H54N8O5/c1-8-48(9-2)37(50)28-53-33-18-19-35(36(26-33)52-7)54-40-34(39(51)44-38-29(3)12-10-13-30(38)4)27-42-41(45-40)43-31-14-16-32(17-15-31)49-24-22-47(23-25-49)21-11-20-46(5)6/h10,12-19,26-27H,8-9,11,20-25,28H2,1-7H3,(H,44,51)(H,42,43,45). The van der Waals surface area contributed by atoms with Crippen LogP contribution < -0.4 is 29.7 Å². The third-order valence-corrected chi connectivity index (χ3v) is 9.48. The molecule has 1 fully saturated rings. The fourth-order valence-electron chi connectivity index (χ4n) is 6.32. The summed E-state index contributed by atoms with van der Waals surface area (Å²) in [5.41, 5.74) is 4.64. The Balaban J connectivity index is 1.33. The van der Waals surface area contributed by atoms with Crippen molar-refractivity contribution in [1.29, 1.82) is 0 Å². The first-order valence-corrected chi connectivity index (χ1v) is 18.6. The van der Waals surface area contributed by atoms with Gasteiger partial charge in [-0.25, -0.2) is 4.98 Å². The van der Waals surface area contributed by atoms with Gasteiger partial charge in [-0.3, -0.25) is 14.5 Å². The van der Waals surface area contributed by atoms with Crippen molar-refractivity contribution in [2.75, 3.05) is 95.7 Å². The van der Waals surface area contributed by atoms with Crippen molar-refractivity contribution in [2.45, 2.75) is 34.1 Å². The Labute approximate surface area is 319 Å². The molecular formula is C41H54N8O5. The van der Waals surface area contributed by atoms with E-state index in [9.17, 15) is 9.59 Å². The second-order valence-corrected chi connectivity index (χ2v) is 13.6. The Kier molecular flexibility index (Phi) is 14.1. The third kappa shape index (κ3) is 10.6. The molecule has 13 heteroatoms. The normalized spacial score (nSPS) is 13.1. The van der Waals surface area contributed by atoms with Crippen LogP contribution in [-0.2, 0) is 4.79 Å². The van der Waals surface area contributed by atoms with E-state index in [4.69, 9.17) is 14.2 Å². The van der Waals surface area contributed by atoms with E-state index in [0.717, 1.165) is 61.8 Å². The summed E-state index contributed by atoms with van der Waals surface area (Å²) in [6.45, 7) is 15.1. The zero-order chi connectivity index (χ0) is 38.6. The maximum absolute atomic E-state index is 13.8. The van der Waals surface area contributed by atoms with E-state index in [2.05, 4.69) is 61.5 Å². The lowest BCUT2D eigenvalue weighted by atomic mass is 10.1. The molecule has 0 saturated carbocycles. The molecule has 0 spiro atoms. The summed E-state index contributed by atoms with van der Waals surface area (Å²) in [5, 5.41) is 6.28. The van der Waals surface area contributed by atoms with Gasteiger partial charge in [-0.15, -0.1) is 0 Å². The van der Waals surface area contributed by atoms with Gasteiger partial charge in [-0.2, -0.15) is 4.98 Å². The van der Waals surface area contributed by atoms with Crippen LogP contribution in [0.15, 0.2) is 66.9 Å². The minimum absolute atomic E-state index is 0.0278. The molecule has 0 bridgehead atoms. The fraction of sp³-hybridized carbons (Fsp3) is 0.415. The number of carbonyl (C=O) groups excluding carboxylic acids is 2. The average molecular weight is 739 g/mol. The molecule has 0 radical (unpaired) electrons. The summed E-state index contributed by atoms with van der Waals surface area (Å²) in [6, 6.07) is 19.0. The first kappa shape index (κ1) is 39.8. The first-order valence-electron chi connectivity index (χ1n) is 18.6. The molecule has 1 aliphatic rings. The predicted molar refractivity (Wildman–Crippen MR) is 214 cm³/mol. The molecule has 1 aliphatic heterocycles.